The lowest BCUT2D eigenvalue weighted by molar-refractivity contribution is -0.129. The van der Waals surface area contributed by atoms with Crippen molar-refractivity contribution >= 4 is 25.5 Å². The third kappa shape index (κ3) is 4.61. The van der Waals surface area contributed by atoms with E-state index in [1.807, 2.05) is 18.2 Å². The molecule has 0 aliphatic heterocycles. The molecule has 0 radical (unpaired) electrons. The fourth-order valence-corrected chi connectivity index (χ4v) is 3.91. The summed E-state index contributed by atoms with van der Waals surface area (Å²) >= 11 is 0. The molecule has 1 unspecified atom stereocenters. The molecule has 0 N–H and O–H groups in total. The smallest absolute Gasteiger partial charge is 0.169 e. The van der Waals surface area contributed by atoms with Crippen LogP contribution in [0.1, 0.15) is 31.7 Å². The molecule has 0 aromatic heterocycles. The van der Waals surface area contributed by atoms with Crippen molar-refractivity contribution in [3.8, 4) is 0 Å². The quantitative estimate of drug-likeness (QED) is 0.470. The van der Waals surface area contributed by atoms with Crippen LogP contribution in [0.15, 0.2) is 35.4 Å². The summed E-state index contributed by atoms with van der Waals surface area (Å²) in [6.07, 6.45) is 2.03. The molecule has 0 amide bonds. The van der Waals surface area contributed by atoms with Crippen LogP contribution < -0.4 is 0 Å². The number of ketones is 2. The highest BCUT2D eigenvalue weighted by Gasteiger charge is 2.34. The van der Waals surface area contributed by atoms with E-state index in [9.17, 15) is 9.59 Å². The van der Waals surface area contributed by atoms with Crippen LogP contribution in [0, 0.1) is 5.92 Å². The molecule has 1 atom stereocenters. The van der Waals surface area contributed by atoms with E-state index in [2.05, 4.69) is 36.4 Å². The topological polar surface area (TPSA) is 49.7 Å². The summed E-state index contributed by atoms with van der Waals surface area (Å²) in [6, 6.07) is 10.2. The number of carbonyl (C=O) groups is 2. The molecule has 124 valence electrons. The Morgan fingerprint density at radius 1 is 1.22 bits per heavy atom. The van der Waals surface area contributed by atoms with Crippen LogP contribution in [-0.2, 0) is 16.1 Å². The third-order valence-corrected chi connectivity index (χ3v) is 5.92. The van der Waals surface area contributed by atoms with Gasteiger partial charge in [0, 0.05) is 6.42 Å². The van der Waals surface area contributed by atoms with Crippen LogP contribution in [0.3, 0.4) is 0 Å². The van der Waals surface area contributed by atoms with Gasteiger partial charge in [0.1, 0.15) is 17.5 Å². The van der Waals surface area contributed by atoms with E-state index in [4.69, 9.17) is 5.10 Å². The summed E-state index contributed by atoms with van der Waals surface area (Å²) in [5.74, 6) is -0.681. The van der Waals surface area contributed by atoms with Gasteiger partial charge in [0.05, 0.1) is 12.3 Å². The van der Waals surface area contributed by atoms with Gasteiger partial charge in [-0.2, -0.15) is 5.10 Å². The van der Waals surface area contributed by atoms with Crippen molar-refractivity contribution in [1.29, 1.82) is 0 Å². The van der Waals surface area contributed by atoms with Crippen molar-refractivity contribution in [2.45, 2.75) is 52.4 Å². The van der Waals surface area contributed by atoms with Gasteiger partial charge in [0.15, 0.2) is 8.24 Å². The Morgan fingerprint density at radius 3 is 2.43 bits per heavy atom. The average Bonchev–Trinajstić information content (AvgIpc) is 2.46. The van der Waals surface area contributed by atoms with E-state index in [1.165, 1.54) is 12.5 Å². The molecule has 1 fully saturated rings. The third-order valence-electron chi connectivity index (χ3n) is 4.12. The normalized spacial score (nSPS) is 20.6. The summed E-state index contributed by atoms with van der Waals surface area (Å²) in [5, 5.41) is 4.83. The van der Waals surface area contributed by atoms with Crippen LogP contribution in [0.4, 0.5) is 0 Å². The number of carbonyl (C=O) groups excluding carboxylic acids is 2. The zero-order valence-electron chi connectivity index (χ0n) is 14.5. The molecule has 1 aromatic rings. The predicted molar refractivity (Wildman–Crippen MR) is 95.8 cm³/mol. The second kappa shape index (κ2) is 7.21. The summed E-state index contributed by atoms with van der Waals surface area (Å²) < 4.78 is 2.13. The van der Waals surface area contributed by atoms with E-state index in [1.54, 1.807) is 0 Å². The van der Waals surface area contributed by atoms with Crippen LogP contribution in [0.25, 0.3) is 0 Å². The molecule has 23 heavy (non-hydrogen) atoms. The van der Waals surface area contributed by atoms with Gasteiger partial charge in [0.25, 0.3) is 0 Å². The fourth-order valence-electron chi connectivity index (χ4n) is 2.82. The number of hydrogen-bond donors (Lipinski definition) is 0. The van der Waals surface area contributed by atoms with Crippen LogP contribution >= 0.6 is 0 Å². The number of benzene rings is 1. The van der Waals surface area contributed by atoms with E-state index in [-0.39, 0.29) is 11.6 Å². The van der Waals surface area contributed by atoms with Gasteiger partial charge in [-0.15, -0.1) is 0 Å². The van der Waals surface area contributed by atoms with Gasteiger partial charge in [-0.1, -0.05) is 50.0 Å². The number of hydrogen-bond acceptors (Lipinski definition) is 4. The molecule has 0 saturated heterocycles. The first kappa shape index (κ1) is 17.6. The predicted octanol–water partition coefficient (Wildman–Crippen LogP) is 3.64. The van der Waals surface area contributed by atoms with Crippen molar-refractivity contribution in [1.82, 2.24) is 4.67 Å². The maximum atomic E-state index is 12.1. The Balaban J connectivity index is 2.31. The van der Waals surface area contributed by atoms with E-state index < -0.39 is 14.2 Å². The number of Topliss-reactive ketones (excluding diaryl/α,β-unsaturated/α-hetero) is 2. The Kier molecular flexibility index (Phi) is 5.52. The zero-order chi connectivity index (χ0) is 17.0. The van der Waals surface area contributed by atoms with Crippen molar-refractivity contribution in [3.63, 3.8) is 0 Å². The highest BCUT2D eigenvalue weighted by Crippen LogP contribution is 2.23. The Bertz CT molecular complexity index is 605. The number of rotatable bonds is 5. The highest BCUT2D eigenvalue weighted by atomic mass is 28.3. The number of hydrazone groups is 1. The largest absolute Gasteiger partial charge is 0.320 e. The molecule has 0 heterocycles. The Morgan fingerprint density at radius 2 is 1.87 bits per heavy atom. The zero-order valence-corrected chi connectivity index (χ0v) is 15.5. The lowest BCUT2D eigenvalue weighted by atomic mass is 9.84. The first-order valence-corrected chi connectivity index (χ1v) is 11.7. The maximum Gasteiger partial charge on any atom is 0.169 e. The Hall–Kier alpha value is -1.75. The Labute approximate surface area is 139 Å². The van der Waals surface area contributed by atoms with Crippen LogP contribution in [0.2, 0.25) is 19.6 Å². The van der Waals surface area contributed by atoms with Crippen molar-refractivity contribution < 1.29 is 9.59 Å². The first-order chi connectivity index (χ1) is 10.8. The van der Waals surface area contributed by atoms with Crippen molar-refractivity contribution in [2.24, 2.45) is 11.0 Å². The van der Waals surface area contributed by atoms with E-state index in [0.717, 1.165) is 25.1 Å². The van der Waals surface area contributed by atoms with Crippen molar-refractivity contribution in [2.75, 3.05) is 0 Å². The lowest BCUT2D eigenvalue weighted by Crippen LogP contribution is -2.44. The van der Waals surface area contributed by atoms with Gasteiger partial charge < -0.3 is 4.67 Å². The second-order valence-electron chi connectivity index (χ2n) is 7.17. The first-order valence-electron chi connectivity index (χ1n) is 8.21. The van der Waals surface area contributed by atoms with Gasteiger partial charge in [-0.3, -0.25) is 9.59 Å². The average molecular weight is 331 g/mol. The van der Waals surface area contributed by atoms with Crippen LogP contribution in [-0.4, -0.2) is 30.2 Å². The summed E-state index contributed by atoms with van der Waals surface area (Å²) in [5.41, 5.74) is 1.95. The molecule has 4 nitrogen and oxygen atoms in total. The molecule has 5 heteroatoms. The summed E-state index contributed by atoms with van der Waals surface area (Å²) in [4.78, 5) is 24.0. The van der Waals surface area contributed by atoms with Crippen molar-refractivity contribution in [3.05, 3.63) is 35.9 Å². The molecule has 1 aromatic carbocycles. The van der Waals surface area contributed by atoms with Crippen LogP contribution in [0.5, 0.6) is 0 Å². The van der Waals surface area contributed by atoms with E-state index >= 15 is 0 Å². The van der Waals surface area contributed by atoms with Gasteiger partial charge in [-0.25, -0.2) is 0 Å². The minimum Gasteiger partial charge on any atom is -0.320 e. The molecule has 1 saturated carbocycles. The lowest BCUT2D eigenvalue weighted by Gasteiger charge is -2.34. The monoisotopic (exact) mass is 330 g/mol. The minimum atomic E-state index is -1.72. The van der Waals surface area contributed by atoms with Gasteiger partial charge in [-0.05, 0) is 25.3 Å². The SMILES string of the molecule is CC(=O)C1C(=O)CCCC1=NN(Cc1ccccc1)[Si](C)(C)C. The second-order valence-corrected chi connectivity index (χ2v) is 12.0. The molecular formula is C18H26N2O2Si. The molecule has 0 spiro atoms. The maximum absolute atomic E-state index is 12.1. The molecular weight excluding hydrogens is 304 g/mol. The molecule has 0 bridgehead atoms. The van der Waals surface area contributed by atoms with Gasteiger partial charge >= 0.3 is 0 Å². The summed E-state index contributed by atoms with van der Waals surface area (Å²) in [6.45, 7) is 8.91. The fraction of sp³-hybridized carbons (Fsp3) is 0.500. The summed E-state index contributed by atoms with van der Waals surface area (Å²) in [7, 11) is -1.72. The minimum absolute atomic E-state index is 0.0257. The number of nitrogens with zero attached hydrogens (tertiary/aromatic N) is 2. The molecule has 1 aliphatic rings. The van der Waals surface area contributed by atoms with Gasteiger partial charge in [0.2, 0.25) is 0 Å². The standard InChI is InChI=1S/C18H26N2O2Si/c1-14(21)18-16(11-8-12-17(18)22)19-20(23(2,3)4)13-15-9-6-5-7-10-15/h5-7,9-10,18H,8,11-13H2,1-4H3. The molecule has 1 aliphatic carbocycles. The highest BCUT2D eigenvalue weighted by molar-refractivity contribution is 6.73. The molecule has 2 rings (SSSR count). The van der Waals surface area contributed by atoms with E-state index in [0.29, 0.717) is 6.42 Å².